The molecule has 0 radical (unpaired) electrons. The van der Waals surface area contributed by atoms with Gasteiger partial charge < -0.3 is 0 Å². The van der Waals surface area contributed by atoms with Crippen LogP contribution < -0.4 is 0 Å². The van der Waals surface area contributed by atoms with E-state index in [1.54, 1.807) is 24.3 Å². The third-order valence-corrected chi connectivity index (χ3v) is 1.09. The Kier molecular flexibility index (Phi) is 1.63. The summed E-state index contributed by atoms with van der Waals surface area (Å²) in [7, 11) is 0. The zero-order valence-corrected chi connectivity index (χ0v) is 5.15. The standard InChI is InChI=1S/C7H4N3/c1-9-6-2-4-7(10-8)5-3-6/h2-5H/q+1. The Hall–Kier alpha value is -1.87. The van der Waals surface area contributed by atoms with Crippen LogP contribution in [0.15, 0.2) is 24.3 Å². The average Bonchev–Trinajstić information content (AvgIpc) is 2.05. The molecule has 0 aliphatic carbocycles. The lowest BCUT2D eigenvalue weighted by Gasteiger charge is -1.79. The molecule has 0 aliphatic rings. The topological polar surface area (TPSA) is 32.5 Å². The van der Waals surface area contributed by atoms with E-state index >= 15 is 0 Å². The van der Waals surface area contributed by atoms with Crippen molar-refractivity contribution in [1.29, 1.82) is 5.39 Å². The van der Waals surface area contributed by atoms with Crippen molar-refractivity contribution in [3.05, 3.63) is 40.7 Å². The van der Waals surface area contributed by atoms with Gasteiger partial charge in [-0.1, -0.05) is 0 Å². The summed E-state index contributed by atoms with van der Waals surface area (Å²) >= 11 is 0. The zero-order valence-electron chi connectivity index (χ0n) is 5.15. The van der Waals surface area contributed by atoms with E-state index in [4.69, 9.17) is 12.0 Å². The summed E-state index contributed by atoms with van der Waals surface area (Å²) in [6.45, 7) is 6.60. The van der Waals surface area contributed by atoms with Gasteiger partial charge in [0.15, 0.2) is 10.7 Å². The maximum absolute atomic E-state index is 8.25. The van der Waals surface area contributed by atoms with Crippen LogP contribution in [0.3, 0.4) is 0 Å². The van der Waals surface area contributed by atoms with Gasteiger partial charge in [0, 0.05) is 12.1 Å². The predicted octanol–water partition coefficient (Wildman–Crippen LogP) is 2.72. The minimum atomic E-state index is 0.465. The molecule has 0 N–H and O–H groups in total. The first-order valence-corrected chi connectivity index (χ1v) is 2.69. The van der Waals surface area contributed by atoms with Crippen LogP contribution in [-0.4, -0.2) is 0 Å². The van der Waals surface area contributed by atoms with Crippen molar-refractivity contribution >= 4 is 11.4 Å². The molecule has 0 amide bonds. The molecule has 0 fully saturated rings. The van der Waals surface area contributed by atoms with Gasteiger partial charge in [-0.25, -0.2) is 4.85 Å². The number of hydrogen-bond donors (Lipinski definition) is 0. The first-order valence-electron chi connectivity index (χ1n) is 2.69. The van der Waals surface area contributed by atoms with Crippen molar-refractivity contribution in [1.82, 2.24) is 0 Å². The lowest BCUT2D eigenvalue weighted by Crippen LogP contribution is -1.58. The van der Waals surface area contributed by atoms with Gasteiger partial charge in [0.2, 0.25) is 5.39 Å². The first kappa shape index (κ1) is 6.25. The van der Waals surface area contributed by atoms with Crippen molar-refractivity contribution in [3.8, 4) is 0 Å². The Bertz CT molecular complexity index is 266. The molecule has 10 heavy (non-hydrogen) atoms. The average molecular weight is 130 g/mol. The summed E-state index contributed by atoms with van der Waals surface area (Å²) in [5.74, 6) is 0. The van der Waals surface area contributed by atoms with Crippen molar-refractivity contribution in [3.63, 3.8) is 0 Å². The lowest BCUT2D eigenvalue weighted by molar-refractivity contribution is 1.46. The van der Waals surface area contributed by atoms with Gasteiger partial charge in [0.05, 0.1) is 6.57 Å². The highest BCUT2D eigenvalue weighted by Gasteiger charge is 2.00. The van der Waals surface area contributed by atoms with Gasteiger partial charge in [-0.05, 0) is 12.1 Å². The summed E-state index contributed by atoms with van der Waals surface area (Å²) in [5.41, 5.74) is 1.01. The molecule has 1 rings (SSSR count). The smallest absolute Gasteiger partial charge is 0.238 e. The molecule has 0 spiro atoms. The third kappa shape index (κ3) is 1.10. The molecular formula is C7H4N3+. The summed E-state index contributed by atoms with van der Waals surface area (Å²) in [5, 5.41) is 8.25. The van der Waals surface area contributed by atoms with E-state index in [0.717, 1.165) is 0 Å². The maximum Gasteiger partial charge on any atom is 0.382 e. The molecule has 1 aromatic rings. The number of benzene rings is 1. The molecule has 0 heterocycles. The molecule has 0 saturated carbocycles. The van der Waals surface area contributed by atoms with Gasteiger partial charge in [0.25, 0.3) is 0 Å². The molecule has 1 aromatic carbocycles. The van der Waals surface area contributed by atoms with Gasteiger partial charge in [-0.15, -0.1) is 0 Å². The molecule has 46 valence electrons. The Morgan fingerprint density at radius 2 is 1.60 bits per heavy atom. The van der Waals surface area contributed by atoms with E-state index < -0.39 is 0 Å². The monoisotopic (exact) mass is 130 g/mol. The van der Waals surface area contributed by atoms with Crippen LogP contribution in [0.1, 0.15) is 0 Å². The van der Waals surface area contributed by atoms with Gasteiger partial charge in [-0.3, -0.25) is 0 Å². The minimum absolute atomic E-state index is 0.465. The van der Waals surface area contributed by atoms with E-state index in [-0.39, 0.29) is 0 Å². The van der Waals surface area contributed by atoms with E-state index in [1.165, 1.54) is 0 Å². The number of diazo groups is 1. The zero-order chi connectivity index (χ0) is 7.40. The van der Waals surface area contributed by atoms with Crippen LogP contribution in [0.5, 0.6) is 0 Å². The second-order valence-electron chi connectivity index (χ2n) is 1.73. The molecule has 3 heteroatoms. The van der Waals surface area contributed by atoms with Crippen molar-refractivity contribution in [2.75, 3.05) is 0 Å². The van der Waals surface area contributed by atoms with E-state index in [2.05, 4.69) is 9.82 Å². The van der Waals surface area contributed by atoms with E-state index in [0.29, 0.717) is 11.4 Å². The maximum atomic E-state index is 8.25. The Morgan fingerprint density at radius 1 is 1.10 bits per heavy atom. The molecule has 0 aliphatic heterocycles. The summed E-state index contributed by atoms with van der Waals surface area (Å²) in [6.07, 6.45) is 0. The normalized spacial score (nSPS) is 7.80. The van der Waals surface area contributed by atoms with Crippen LogP contribution >= 0.6 is 0 Å². The highest BCUT2D eigenvalue weighted by Crippen LogP contribution is 2.17. The van der Waals surface area contributed by atoms with Crippen LogP contribution in [-0.2, 0) is 0 Å². The second-order valence-corrected chi connectivity index (χ2v) is 1.73. The molecule has 0 atom stereocenters. The lowest BCUT2D eigenvalue weighted by atomic mass is 10.3. The second kappa shape index (κ2) is 2.61. The van der Waals surface area contributed by atoms with Crippen molar-refractivity contribution < 1.29 is 0 Å². The van der Waals surface area contributed by atoms with Crippen LogP contribution in [0, 0.1) is 12.0 Å². The van der Waals surface area contributed by atoms with E-state index in [1.807, 2.05) is 0 Å². The molecule has 0 saturated heterocycles. The van der Waals surface area contributed by atoms with Gasteiger partial charge in [-0.2, -0.15) is 0 Å². The predicted molar refractivity (Wildman–Crippen MR) is 37.4 cm³/mol. The number of nitrogens with zero attached hydrogens (tertiary/aromatic N) is 3. The summed E-state index contributed by atoms with van der Waals surface area (Å²) in [6, 6.07) is 6.35. The fourth-order valence-corrected chi connectivity index (χ4v) is 0.594. The number of hydrogen-bond acceptors (Lipinski definition) is 1. The van der Waals surface area contributed by atoms with E-state index in [9.17, 15) is 0 Å². The molecule has 0 unspecified atom stereocenters. The number of rotatable bonds is 0. The SMILES string of the molecule is [C-]#[N+]c1ccc([N+]#N)cc1. The Labute approximate surface area is 58.4 Å². The van der Waals surface area contributed by atoms with Crippen molar-refractivity contribution in [2.24, 2.45) is 0 Å². The molecule has 0 bridgehead atoms. The Morgan fingerprint density at radius 3 is 2.00 bits per heavy atom. The first-order chi connectivity index (χ1) is 4.86. The summed E-state index contributed by atoms with van der Waals surface area (Å²) < 4.78 is 0. The van der Waals surface area contributed by atoms with Crippen LogP contribution in [0.4, 0.5) is 11.4 Å². The fraction of sp³-hybridized carbons (Fsp3) is 0. The van der Waals surface area contributed by atoms with Crippen LogP contribution in [0.25, 0.3) is 9.82 Å². The van der Waals surface area contributed by atoms with Gasteiger partial charge in [0.1, 0.15) is 0 Å². The quantitative estimate of drug-likeness (QED) is 0.392. The third-order valence-electron chi connectivity index (χ3n) is 1.09. The fourth-order valence-electron chi connectivity index (χ4n) is 0.594. The van der Waals surface area contributed by atoms with Crippen LogP contribution in [0.2, 0.25) is 0 Å². The molecular weight excluding hydrogens is 126 g/mol. The highest BCUT2D eigenvalue weighted by molar-refractivity contribution is 5.54. The molecule has 0 aromatic heterocycles. The highest BCUT2D eigenvalue weighted by atomic mass is 14.8. The Balaban J connectivity index is 3.08. The summed E-state index contributed by atoms with van der Waals surface area (Å²) in [4.78, 5) is 6.12. The molecule has 3 nitrogen and oxygen atoms in total. The van der Waals surface area contributed by atoms with Gasteiger partial charge >= 0.3 is 5.69 Å². The van der Waals surface area contributed by atoms with Crippen molar-refractivity contribution in [2.45, 2.75) is 0 Å². The minimum Gasteiger partial charge on any atom is -0.238 e. The largest absolute Gasteiger partial charge is 0.382 e.